The largest absolute Gasteiger partial charge is 0.480 e. The molecule has 0 aromatic heterocycles. The molecule has 0 aliphatic carbocycles. The monoisotopic (exact) mass is 214 g/mol. The van der Waals surface area contributed by atoms with E-state index in [4.69, 9.17) is 9.84 Å². The second kappa shape index (κ2) is 4.47. The predicted molar refractivity (Wildman–Crippen MR) is 54.8 cm³/mol. The molecule has 1 atom stereocenters. The van der Waals surface area contributed by atoms with Crippen molar-refractivity contribution in [3.05, 3.63) is 0 Å². The average molecular weight is 214 g/mol. The lowest BCUT2D eigenvalue weighted by Crippen LogP contribution is -2.56. The van der Waals surface area contributed by atoms with Crippen molar-refractivity contribution in [3.8, 4) is 0 Å². The first kappa shape index (κ1) is 10.9. The van der Waals surface area contributed by atoms with Gasteiger partial charge in [-0.05, 0) is 13.0 Å². The van der Waals surface area contributed by atoms with Crippen molar-refractivity contribution >= 4 is 5.97 Å². The van der Waals surface area contributed by atoms with E-state index >= 15 is 0 Å². The van der Waals surface area contributed by atoms with Crippen LogP contribution in [0, 0.1) is 5.92 Å². The summed E-state index contributed by atoms with van der Waals surface area (Å²) in [5.41, 5.74) is 0. The molecule has 0 bridgehead atoms. The van der Waals surface area contributed by atoms with Crippen LogP contribution in [0.25, 0.3) is 0 Å². The van der Waals surface area contributed by atoms with Crippen molar-refractivity contribution in [1.82, 2.24) is 9.80 Å². The molecular weight excluding hydrogens is 196 g/mol. The highest BCUT2D eigenvalue weighted by Crippen LogP contribution is 2.17. The summed E-state index contributed by atoms with van der Waals surface area (Å²) in [7, 11) is 2.09. The number of carbonyl (C=O) groups is 1. The summed E-state index contributed by atoms with van der Waals surface area (Å²) in [4.78, 5) is 15.3. The van der Waals surface area contributed by atoms with E-state index in [9.17, 15) is 4.79 Å². The minimum Gasteiger partial charge on any atom is -0.480 e. The molecule has 1 N–H and O–H groups in total. The smallest absolute Gasteiger partial charge is 0.323 e. The Bertz CT molecular complexity index is 241. The van der Waals surface area contributed by atoms with E-state index in [0.29, 0.717) is 19.1 Å². The maximum atomic E-state index is 11.0. The molecule has 2 saturated heterocycles. The third kappa shape index (κ3) is 2.48. The first-order valence-corrected chi connectivity index (χ1v) is 5.40. The van der Waals surface area contributed by atoms with Crippen LogP contribution in [0.2, 0.25) is 0 Å². The third-order valence-electron chi connectivity index (χ3n) is 3.16. The molecule has 2 rings (SSSR count). The molecule has 86 valence electrons. The molecule has 0 spiro atoms. The van der Waals surface area contributed by atoms with Crippen LogP contribution in [-0.2, 0) is 9.53 Å². The molecule has 0 radical (unpaired) electrons. The number of aliphatic carboxylic acids is 1. The van der Waals surface area contributed by atoms with E-state index < -0.39 is 12.0 Å². The molecule has 0 amide bonds. The number of morpholine rings is 1. The number of rotatable bonds is 3. The number of hydrogen-bond donors (Lipinski definition) is 1. The van der Waals surface area contributed by atoms with E-state index in [0.717, 1.165) is 26.2 Å². The number of hydrogen-bond acceptors (Lipinski definition) is 4. The topological polar surface area (TPSA) is 53.0 Å². The van der Waals surface area contributed by atoms with E-state index in [1.807, 2.05) is 4.90 Å². The van der Waals surface area contributed by atoms with E-state index in [1.54, 1.807) is 0 Å². The number of nitrogens with zero attached hydrogens (tertiary/aromatic N) is 2. The van der Waals surface area contributed by atoms with Gasteiger partial charge in [-0.3, -0.25) is 9.69 Å². The van der Waals surface area contributed by atoms with Crippen LogP contribution in [-0.4, -0.2) is 73.4 Å². The molecule has 1 unspecified atom stereocenters. The SMILES string of the molecule is CN1CC(CN2CCOCC2C(=O)O)C1. The fraction of sp³-hybridized carbons (Fsp3) is 0.900. The van der Waals surface area contributed by atoms with Gasteiger partial charge in [0.05, 0.1) is 13.2 Å². The van der Waals surface area contributed by atoms with Crippen molar-refractivity contribution in [1.29, 1.82) is 0 Å². The van der Waals surface area contributed by atoms with Crippen LogP contribution < -0.4 is 0 Å². The van der Waals surface area contributed by atoms with Gasteiger partial charge in [0, 0.05) is 26.2 Å². The molecule has 2 aliphatic heterocycles. The average Bonchev–Trinajstić information content (AvgIpc) is 2.16. The zero-order chi connectivity index (χ0) is 10.8. The zero-order valence-corrected chi connectivity index (χ0v) is 9.06. The van der Waals surface area contributed by atoms with E-state index in [-0.39, 0.29) is 0 Å². The standard InChI is InChI=1S/C10H18N2O3/c1-11-4-8(5-11)6-12-2-3-15-7-9(12)10(13)14/h8-9H,2-7H2,1H3,(H,13,14). The number of carboxylic acids is 1. The van der Waals surface area contributed by atoms with Gasteiger partial charge in [-0.15, -0.1) is 0 Å². The van der Waals surface area contributed by atoms with Crippen molar-refractivity contribution in [2.45, 2.75) is 6.04 Å². The first-order valence-electron chi connectivity index (χ1n) is 5.40. The Morgan fingerprint density at radius 1 is 1.53 bits per heavy atom. The second-order valence-corrected chi connectivity index (χ2v) is 4.51. The quantitative estimate of drug-likeness (QED) is 0.675. The molecule has 5 nitrogen and oxygen atoms in total. The Hall–Kier alpha value is -0.650. The van der Waals surface area contributed by atoms with Gasteiger partial charge in [-0.25, -0.2) is 0 Å². The Morgan fingerprint density at radius 3 is 2.87 bits per heavy atom. The molecule has 0 aromatic rings. The van der Waals surface area contributed by atoms with Gasteiger partial charge in [-0.1, -0.05) is 0 Å². The van der Waals surface area contributed by atoms with Gasteiger partial charge in [0.1, 0.15) is 6.04 Å². The zero-order valence-electron chi connectivity index (χ0n) is 9.06. The van der Waals surface area contributed by atoms with Gasteiger partial charge < -0.3 is 14.7 Å². The van der Waals surface area contributed by atoms with Gasteiger partial charge in [0.25, 0.3) is 0 Å². The lowest BCUT2D eigenvalue weighted by molar-refractivity contribution is -0.150. The summed E-state index contributed by atoms with van der Waals surface area (Å²) in [5.74, 6) is -0.127. The highest BCUT2D eigenvalue weighted by Gasteiger charge is 2.33. The summed E-state index contributed by atoms with van der Waals surface area (Å²) in [6.45, 7) is 4.81. The Labute approximate surface area is 89.6 Å². The van der Waals surface area contributed by atoms with Crippen LogP contribution in [0.5, 0.6) is 0 Å². The summed E-state index contributed by atoms with van der Waals surface area (Å²) in [6.07, 6.45) is 0. The Balaban J connectivity index is 1.85. The summed E-state index contributed by atoms with van der Waals surface area (Å²) in [5, 5.41) is 9.03. The molecule has 2 fully saturated rings. The molecule has 0 aromatic carbocycles. The third-order valence-corrected chi connectivity index (χ3v) is 3.16. The number of carboxylic acid groups (broad SMARTS) is 1. The normalized spacial score (nSPS) is 30.1. The number of likely N-dealkylation sites (tertiary alicyclic amines) is 1. The molecule has 2 heterocycles. The van der Waals surface area contributed by atoms with E-state index in [1.165, 1.54) is 0 Å². The van der Waals surface area contributed by atoms with Crippen LogP contribution in [0.4, 0.5) is 0 Å². The predicted octanol–water partition coefficient (Wildman–Crippen LogP) is -0.667. The van der Waals surface area contributed by atoms with Gasteiger partial charge >= 0.3 is 5.97 Å². The fourth-order valence-corrected chi connectivity index (χ4v) is 2.36. The van der Waals surface area contributed by atoms with Crippen LogP contribution in [0.3, 0.4) is 0 Å². The highest BCUT2D eigenvalue weighted by molar-refractivity contribution is 5.73. The molecular formula is C10H18N2O3. The molecule has 2 aliphatic rings. The minimum absolute atomic E-state index is 0.331. The molecule has 15 heavy (non-hydrogen) atoms. The van der Waals surface area contributed by atoms with Gasteiger partial charge in [0.2, 0.25) is 0 Å². The van der Waals surface area contributed by atoms with Crippen molar-refractivity contribution in [2.75, 3.05) is 46.4 Å². The van der Waals surface area contributed by atoms with Crippen molar-refractivity contribution in [3.63, 3.8) is 0 Å². The maximum absolute atomic E-state index is 11.0. The minimum atomic E-state index is -0.762. The van der Waals surface area contributed by atoms with Gasteiger partial charge in [0.15, 0.2) is 0 Å². The summed E-state index contributed by atoms with van der Waals surface area (Å²) >= 11 is 0. The molecule has 0 saturated carbocycles. The summed E-state index contributed by atoms with van der Waals surface area (Å²) < 4.78 is 5.20. The number of ether oxygens (including phenoxy) is 1. The maximum Gasteiger partial charge on any atom is 0.323 e. The van der Waals surface area contributed by atoms with Crippen LogP contribution in [0.15, 0.2) is 0 Å². The fourth-order valence-electron chi connectivity index (χ4n) is 2.36. The Kier molecular flexibility index (Phi) is 3.23. The Morgan fingerprint density at radius 2 is 2.27 bits per heavy atom. The van der Waals surface area contributed by atoms with Crippen LogP contribution in [0.1, 0.15) is 0 Å². The molecule has 5 heteroatoms. The van der Waals surface area contributed by atoms with Gasteiger partial charge in [-0.2, -0.15) is 0 Å². The summed E-state index contributed by atoms with van der Waals surface area (Å²) in [6, 6.07) is -0.440. The van der Waals surface area contributed by atoms with Crippen LogP contribution >= 0.6 is 0 Å². The van der Waals surface area contributed by atoms with E-state index in [2.05, 4.69) is 11.9 Å². The lowest BCUT2D eigenvalue weighted by atomic mass is 9.99. The van der Waals surface area contributed by atoms with Crippen molar-refractivity contribution in [2.24, 2.45) is 5.92 Å². The first-order chi connectivity index (χ1) is 7.16. The highest BCUT2D eigenvalue weighted by atomic mass is 16.5. The van der Waals surface area contributed by atoms with Crippen molar-refractivity contribution < 1.29 is 14.6 Å². The second-order valence-electron chi connectivity index (χ2n) is 4.51. The lowest BCUT2D eigenvalue weighted by Gasteiger charge is -2.42.